The molecule has 4 heteroatoms. The van der Waals surface area contributed by atoms with Crippen molar-refractivity contribution in [1.82, 2.24) is 4.98 Å². The van der Waals surface area contributed by atoms with E-state index in [1.807, 2.05) is 31.2 Å². The fraction of sp³-hybridized carbons (Fsp3) is 0.133. The van der Waals surface area contributed by atoms with Crippen molar-refractivity contribution >= 4 is 33.2 Å². The number of aromatic nitrogens is 1. The minimum Gasteiger partial charge on any atom is -0.494 e. The molecule has 96 valence electrons. The molecule has 0 atom stereocenters. The van der Waals surface area contributed by atoms with E-state index in [0.717, 1.165) is 27.6 Å². The highest BCUT2D eigenvalue weighted by molar-refractivity contribution is 5.96. The van der Waals surface area contributed by atoms with E-state index in [0.29, 0.717) is 18.0 Å². The van der Waals surface area contributed by atoms with E-state index < -0.39 is 0 Å². The lowest BCUT2D eigenvalue weighted by molar-refractivity contribution is 0.340. The summed E-state index contributed by atoms with van der Waals surface area (Å²) in [5.74, 6) is 0.847. The summed E-state index contributed by atoms with van der Waals surface area (Å²) in [7, 11) is 0. The van der Waals surface area contributed by atoms with E-state index in [-0.39, 0.29) is 0 Å². The smallest absolute Gasteiger partial charge is 0.120 e. The summed E-state index contributed by atoms with van der Waals surface area (Å²) >= 11 is 0. The molecule has 0 aliphatic rings. The maximum absolute atomic E-state index is 5.83. The van der Waals surface area contributed by atoms with Crippen molar-refractivity contribution in [3.05, 3.63) is 36.4 Å². The maximum Gasteiger partial charge on any atom is 0.120 e. The van der Waals surface area contributed by atoms with Crippen LogP contribution in [0.3, 0.4) is 0 Å². The first-order valence-electron chi connectivity index (χ1n) is 6.19. The van der Waals surface area contributed by atoms with Gasteiger partial charge < -0.3 is 16.2 Å². The molecule has 0 saturated carbocycles. The van der Waals surface area contributed by atoms with Gasteiger partial charge in [0.1, 0.15) is 5.75 Å². The predicted octanol–water partition coefficient (Wildman–Crippen LogP) is 2.95. The van der Waals surface area contributed by atoms with Crippen LogP contribution in [0.15, 0.2) is 36.4 Å². The molecule has 3 aromatic rings. The third kappa shape index (κ3) is 2.01. The minimum atomic E-state index is 0.560. The largest absolute Gasteiger partial charge is 0.494 e. The molecule has 0 aliphatic carbocycles. The summed E-state index contributed by atoms with van der Waals surface area (Å²) < 4.78 is 5.50. The van der Waals surface area contributed by atoms with Crippen LogP contribution in [0, 0.1) is 0 Å². The van der Waals surface area contributed by atoms with Gasteiger partial charge in [0.2, 0.25) is 0 Å². The molecule has 4 N–H and O–H groups in total. The molecule has 0 unspecified atom stereocenters. The Morgan fingerprint density at radius 3 is 2.47 bits per heavy atom. The van der Waals surface area contributed by atoms with Gasteiger partial charge in [0.05, 0.1) is 29.0 Å². The normalized spacial score (nSPS) is 11.0. The van der Waals surface area contributed by atoms with Crippen LogP contribution in [0.1, 0.15) is 6.92 Å². The first-order valence-corrected chi connectivity index (χ1v) is 6.19. The Morgan fingerprint density at radius 2 is 1.68 bits per heavy atom. The number of ether oxygens (including phenoxy) is 1. The second-order valence-electron chi connectivity index (χ2n) is 4.45. The Bertz CT molecular complexity index is 768. The molecule has 0 bridgehead atoms. The molecule has 0 saturated heterocycles. The highest BCUT2D eigenvalue weighted by Crippen LogP contribution is 2.27. The summed E-state index contributed by atoms with van der Waals surface area (Å²) in [6, 6.07) is 11.6. The molecular weight excluding hydrogens is 238 g/mol. The Morgan fingerprint density at radius 1 is 0.947 bits per heavy atom. The van der Waals surface area contributed by atoms with Crippen LogP contribution in [0.2, 0.25) is 0 Å². The van der Waals surface area contributed by atoms with E-state index in [4.69, 9.17) is 16.2 Å². The number of hydrogen-bond donors (Lipinski definition) is 2. The van der Waals surface area contributed by atoms with Crippen LogP contribution >= 0.6 is 0 Å². The quantitative estimate of drug-likeness (QED) is 0.544. The number of benzene rings is 2. The summed E-state index contributed by atoms with van der Waals surface area (Å²) in [5.41, 5.74) is 14.5. The molecule has 2 aromatic carbocycles. The van der Waals surface area contributed by atoms with E-state index in [2.05, 4.69) is 11.1 Å². The monoisotopic (exact) mass is 253 g/mol. The van der Waals surface area contributed by atoms with Crippen LogP contribution in [-0.4, -0.2) is 11.6 Å². The first kappa shape index (κ1) is 11.6. The van der Waals surface area contributed by atoms with Gasteiger partial charge in [-0.1, -0.05) is 0 Å². The van der Waals surface area contributed by atoms with Crippen molar-refractivity contribution in [2.45, 2.75) is 6.92 Å². The average Bonchev–Trinajstić information content (AvgIpc) is 2.38. The van der Waals surface area contributed by atoms with Gasteiger partial charge in [-0.15, -0.1) is 0 Å². The highest BCUT2D eigenvalue weighted by atomic mass is 16.5. The van der Waals surface area contributed by atoms with Crippen molar-refractivity contribution in [3.63, 3.8) is 0 Å². The zero-order chi connectivity index (χ0) is 13.4. The Kier molecular flexibility index (Phi) is 2.63. The van der Waals surface area contributed by atoms with E-state index in [9.17, 15) is 0 Å². The van der Waals surface area contributed by atoms with Crippen molar-refractivity contribution in [3.8, 4) is 5.75 Å². The molecule has 1 heterocycles. The van der Waals surface area contributed by atoms with Gasteiger partial charge in [0.15, 0.2) is 0 Å². The SMILES string of the molecule is CCOc1ccc2nc3cc(N)c(N)cc3cc2c1. The van der Waals surface area contributed by atoms with Crippen molar-refractivity contribution in [2.24, 2.45) is 0 Å². The van der Waals surface area contributed by atoms with E-state index >= 15 is 0 Å². The van der Waals surface area contributed by atoms with Gasteiger partial charge in [0, 0.05) is 10.8 Å². The summed E-state index contributed by atoms with van der Waals surface area (Å²) in [4.78, 5) is 4.59. The molecule has 0 radical (unpaired) electrons. The molecule has 19 heavy (non-hydrogen) atoms. The fourth-order valence-electron chi connectivity index (χ4n) is 2.15. The first-order chi connectivity index (χ1) is 9.17. The number of nitrogen functional groups attached to an aromatic ring is 2. The van der Waals surface area contributed by atoms with E-state index in [1.165, 1.54) is 0 Å². The molecule has 0 spiro atoms. The molecule has 0 amide bonds. The maximum atomic E-state index is 5.83. The topological polar surface area (TPSA) is 74.2 Å². The lowest BCUT2D eigenvalue weighted by atomic mass is 10.1. The fourth-order valence-corrected chi connectivity index (χ4v) is 2.15. The van der Waals surface area contributed by atoms with Crippen LogP contribution in [0.4, 0.5) is 11.4 Å². The number of hydrogen-bond acceptors (Lipinski definition) is 4. The molecule has 0 fully saturated rings. The average molecular weight is 253 g/mol. The zero-order valence-electron chi connectivity index (χ0n) is 10.7. The van der Waals surface area contributed by atoms with Gasteiger partial charge in [-0.2, -0.15) is 0 Å². The Hall–Kier alpha value is -2.49. The standard InChI is InChI=1S/C15H15N3O/c1-2-19-11-3-4-14-9(6-11)5-10-7-12(16)13(17)8-15(10)18-14/h3-8H,2,16-17H2,1H3. The van der Waals surface area contributed by atoms with Crippen LogP contribution in [0.25, 0.3) is 21.8 Å². The van der Waals surface area contributed by atoms with Crippen LogP contribution in [-0.2, 0) is 0 Å². The zero-order valence-corrected chi connectivity index (χ0v) is 10.7. The Labute approximate surface area is 111 Å². The van der Waals surface area contributed by atoms with Gasteiger partial charge in [-0.05, 0) is 43.3 Å². The lowest BCUT2D eigenvalue weighted by Crippen LogP contribution is -1.95. The minimum absolute atomic E-state index is 0.560. The third-order valence-corrected chi connectivity index (χ3v) is 3.09. The number of nitrogens with zero attached hydrogens (tertiary/aromatic N) is 1. The Balaban J connectivity index is 2.26. The van der Waals surface area contributed by atoms with Crippen LogP contribution in [0.5, 0.6) is 5.75 Å². The molecule has 4 nitrogen and oxygen atoms in total. The number of fused-ring (bicyclic) bond motifs is 2. The second-order valence-corrected chi connectivity index (χ2v) is 4.45. The van der Waals surface area contributed by atoms with Crippen LogP contribution < -0.4 is 16.2 Å². The third-order valence-electron chi connectivity index (χ3n) is 3.09. The van der Waals surface area contributed by atoms with Gasteiger partial charge in [-0.3, -0.25) is 0 Å². The lowest BCUT2D eigenvalue weighted by Gasteiger charge is -2.07. The highest BCUT2D eigenvalue weighted by Gasteiger charge is 2.04. The van der Waals surface area contributed by atoms with Crippen molar-refractivity contribution in [2.75, 3.05) is 18.1 Å². The number of nitrogens with two attached hydrogens (primary N) is 2. The molecule has 1 aromatic heterocycles. The van der Waals surface area contributed by atoms with Crippen molar-refractivity contribution in [1.29, 1.82) is 0 Å². The number of pyridine rings is 1. The summed E-state index contributed by atoms with van der Waals surface area (Å²) in [6.07, 6.45) is 0. The van der Waals surface area contributed by atoms with Crippen molar-refractivity contribution < 1.29 is 4.74 Å². The van der Waals surface area contributed by atoms with Gasteiger partial charge in [0.25, 0.3) is 0 Å². The molecule has 3 rings (SSSR count). The van der Waals surface area contributed by atoms with E-state index in [1.54, 1.807) is 6.07 Å². The second kappa shape index (κ2) is 4.31. The number of anilines is 2. The van der Waals surface area contributed by atoms with Gasteiger partial charge in [-0.25, -0.2) is 4.98 Å². The molecular formula is C15H15N3O. The summed E-state index contributed by atoms with van der Waals surface area (Å²) in [6.45, 7) is 2.61. The molecule has 0 aliphatic heterocycles. The summed E-state index contributed by atoms with van der Waals surface area (Å²) in [5, 5.41) is 2.01. The number of rotatable bonds is 2. The predicted molar refractivity (Wildman–Crippen MR) is 79.2 cm³/mol. The van der Waals surface area contributed by atoms with Gasteiger partial charge >= 0.3 is 0 Å².